The first-order valence-corrected chi connectivity index (χ1v) is 7.47. The molecule has 2 aromatic rings. The molecule has 0 saturated carbocycles. The topological polar surface area (TPSA) is 29.9 Å². The Hall–Kier alpha value is -0.840. The maximum Gasteiger partial charge on any atom is 0.0763 e. The van der Waals surface area contributed by atoms with E-state index in [1.165, 1.54) is 0 Å². The van der Waals surface area contributed by atoms with E-state index in [0.717, 1.165) is 33.7 Å². The molecule has 1 unspecified atom stereocenters. The van der Waals surface area contributed by atoms with Crippen LogP contribution in [0.5, 0.6) is 0 Å². The fourth-order valence-electron chi connectivity index (χ4n) is 2.07. The van der Waals surface area contributed by atoms with Crippen LogP contribution in [0.25, 0.3) is 0 Å². The lowest BCUT2D eigenvalue weighted by Gasteiger charge is -2.21. The molecular formula is C14H17BrClN3. The van der Waals surface area contributed by atoms with Crippen molar-refractivity contribution < 1.29 is 0 Å². The predicted octanol–water partition coefficient (Wildman–Crippen LogP) is 3.93. The lowest BCUT2D eigenvalue weighted by molar-refractivity contribution is 0.553. The van der Waals surface area contributed by atoms with Gasteiger partial charge >= 0.3 is 0 Å². The highest BCUT2D eigenvalue weighted by molar-refractivity contribution is 9.10. The first kappa shape index (κ1) is 14.6. The van der Waals surface area contributed by atoms with Crippen LogP contribution in [0.2, 0.25) is 5.02 Å². The van der Waals surface area contributed by atoms with Crippen molar-refractivity contribution in [3.8, 4) is 0 Å². The van der Waals surface area contributed by atoms with E-state index in [9.17, 15) is 0 Å². The molecule has 1 N–H and O–H groups in total. The van der Waals surface area contributed by atoms with Gasteiger partial charge in [0.2, 0.25) is 0 Å². The van der Waals surface area contributed by atoms with Crippen LogP contribution in [0.4, 0.5) is 0 Å². The number of hydrogen-bond donors (Lipinski definition) is 1. The zero-order valence-electron chi connectivity index (χ0n) is 11.0. The monoisotopic (exact) mass is 341 g/mol. The molecule has 102 valence electrons. The van der Waals surface area contributed by atoms with E-state index >= 15 is 0 Å². The van der Waals surface area contributed by atoms with Crippen LogP contribution in [0, 0.1) is 0 Å². The van der Waals surface area contributed by atoms with Crippen LogP contribution in [0.15, 0.2) is 34.9 Å². The van der Waals surface area contributed by atoms with E-state index in [1.54, 1.807) is 0 Å². The minimum Gasteiger partial charge on any atom is -0.305 e. The Morgan fingerprint density at radius 2 is 2.21 bits per heavy atom. The number of aromatic nitrogens is 2. The molecule has 0 amide bonds. The normalized spacial score (nSPS) is 12.6. The number of hydrogen-bond acceptors (Lipinski definition) is 2. The first-order chi connectivity index (χ1) is 9.15. The summed E-state index contributed by atoms with van der Waals surface area (Å²) in [6.45, 7) is 3.08. The number of aryl methyl sites for hydroxylation is 1. The molecule has 3 nitrogen and oxygen atoms in total. The highest BCUT2D eigenvalue weighted by atomic mass is 79.9. The van der Waals surface area contributed by atoms with E-state index in [-0.39, 0.29) is 6.04 Å². The fraction of sp³-hybridized carbons (Fsp3) is 0.357. The molecule has 0 saturated heterocycles. The smallest absolute Gasteiger partial charge is 0.0763 e. The van der Waals surface area contributed by atoms with E-state index < -0.39 is 0 Å². The molecule has 1 aromatic heterocycles. The third kappa shape index (κ3) is 3.19. The van der Waals surface area contributed by atoms with Crippen LogP contribution < -0.4 is 5.32 Å². The van der Waals surface area contributed by atoms with Crippen LogP contribution in [-0.4, -0.2) is 16.3 Å². The Labute approximate surface area is 127 Å². The molecule has 0 fully saturated rings. The highest BCUT2D eigenvalue weighted by Crippen LogP contribution is 2.33. The second kappa shape index (κ2) is 6.55. The molecule has 1 heterocycles. The SMILES string of the molecule is CCCNC(c1cccc(Br)c1Cl)c1ccnn1C. The molecular weight excluding hydrogens is 326 g/mol. The second-order valence-corrected chi connectivity index (χ2v) is 5.64. The Balaban J connectivity index is 2.43. The quantitative estimate of drug-likeness (QED) is 0.892. The molecule has 1 aromatic carbocycles. The number of rotatable bonds is 5. The van der Waals surface area contributed by atoms with Crippen molar-refractivity contribution in [1.29, 1.82) is 0 Å². The maximum absolute atomic E-state index is 6.42. The van der Waals surface area contributed by atoms with Crippen molar-refractivity contribution in [2.45, 2.75) is 19.4 Å². The summed E-state index contributed by atoms with van der Waals surface area (Å²) in [5, 5.41) is 8.52. The van der Waals surface area contributed by atoms with Crippen LogP contribution >= 0.6 is 27.5 Å². The number of nitrogens with one attached hydrogen (secondary N) is 1. The van der Waals surface area contributed by atoms with Crippen molar-refractivity contribution in [2.24, 2.45) is 7.05 Å². The summed E-state index contributed by atoms with van der Waals surface area (Å²) < 4.78 is 2.79. The van der Waals surface area contributed by atoms with Gasteiger partial charge in [-0.2, -0.15) is 5.10 Å². The number of benzene rings is 1. The standard InChI is InChI=1S/C14H17BrClN3/c1-3-8-17-14(12-7-9-18-19(12)2)10-5-4-6-11(15)13(10)16/h4-7,9,14,17H,3,8H2,1-2H3. The minimum absolute atomic E-state index is 0.0532. The molecule has 0 aliphatic heterocycles. The Morgan fingerprint density at radius 3 is 2.84 bits per heavy atom. The lowest BCUT2D eigenvalue weighted by atomic mass is 10.0. The molecule has 5 heteroatoms. The van der Waals surface area contributed by atoms with E-state index in [0.29, 0.717) is 0 Å². The third-order valence-electron chi connectivity index (χ3n) is 3.05. The van der Waals surface area contributed by atoms with Crippen molar-refractivity contribution in [1.82, 2.24) is 15.1 Å². The van der Waals surface area contributed by atoms with E-state index in [1.807, 2.05) is 42.2 Å². The number of nitrogens with zero attached hydrogens (tertiary/aromatic N) is 2. The summed E-state index contributed by atoms with van der Waals surface area (Å²) in [7, 11) is 1.95. The average molecular weight is 343 g/mol. The van der Waals surface area contributed by atoms with Crippen LogP contribution in [0.1, 0.15) is 30.6 Å². The van der Waals surface area contributed by atoms with Gasteiger partial charge in [0.05, 0.1) is 16.8 Å². The first-order valence-electron chi connectivity index (χ1n) is 6.30. The summed E-state index contributed by atoms with van der Waals surface area (Å²) in [5.74, 6) is 0. The lowest BCUT2D eigenvalue weighted by Crippen LogP contribution is -2.25. The third-order valence-corrected chi connectivity index (χ3v) is 4.36. The van der Waals surface area contributed by atoms with Gasteiger partial charge in [-0.05, 0) is 46.6 Å². The van der Waals surface area contributed by atoms with Gasteiger partial charge in [-0.1, -0.05) is 30.7 Å². The maximum atomic E-state index is 6.42. The summed E-state index contributed by atoms with van der Waals surface area (Å²) in [6, 6.07) is 8.07. The molecule has 0 radical (unpaired) electrons. The van der Waals surface area contributed by atoms with Crippen molar-refractivity contribution in [3.63, 3.8) is 0 Å². The van der Waals surface area contributed by atoms with Crippen molar-refractivity contribution in [3.05, 3.63) is 51.2 Å². The summed E-state index contributed by atoms with van der Waals surface area (Å²) in [4.78, 5) is 0. The van der Waals surface area contributed by atoms with Gasteiger partial charge in [0, 0.05) is 17.7 Å². The van der Waals surface area contributed by atoms with Crippen molar-refractivity contribution >= 4 is 27.5 Å². The largest absolute Gasteiger partial charge is 0.305 e. The van der Waals surface area contributed by atoms with Gasteiger partial charge in [-0.15, -0.1) is 0 Å². The van der Waals surface area contributed by atoms with Gasteiger partial charge in [-0.3, -0.25) is 4.68 Å². The molecule has 0 aliphatic rings. The molecule has 1 atom stereocenters. The number of halogens is 2. The van der Waals surface area contributed by atoms with Crippen LogP contribution in [-0.2, 0) is 7.05 Å². The average Bonchev–Trinajstić information content (AvgIpc) is 2.81. The van der Waals surface area contributed by atoms with Gasteiger partial charge < -0.3 is 5.32 Å². The molecule has 2 rings (SSSR count). The van der Waals surface area contributed by atoms with Gasteiger partial charge in [-0.25, -0.2) is 0 Å². The Morgan fingerprint density at radius 1 is 1.42 bits per heavy atom. The predicted molar refractivity (Wildman–Crippen MR) is 82.5 cm³/mol. The van der Waals surface area contributed by atoms with Crippen molar-refractivity contribution in [2.75, 3.05) is 6.54 Å². The van der Waals surface area contributed by atoms with Gasteiger partial charge in [0.1, 0.15) is 0 Å². The van der Waals surface area contributed by atoms with Gasteiger partial charge in [0.25, 0.3) is 0 Å². The summed E-state index contributed by atoms with van der Waals surface area (Å²) in [5.41, 5.74) is 2.17. The molecule has 0 bridgehead atoms. The van der Waals surface area contributed by atoms with Gasteiger partial charge in [0.15, 0.2) is 0 Å². The molecule has 0 aliphatic carbocycles. The molecule has 19 heavy (non-hydrogen) atoms. The van der Waals surface area contributed by atoms with Crippen LogP contribution in [0.3, 0.4) is 0 Å². The fourth-order valence-corrected chi connectivity index (χ4v) is 2.69. The minimum atomic E-state index is 0.0532. The Kier molecular flexibility index (Phi) is 5.02. The Bertz CT molecular complexity index is 553. The summed E-state index contributed by atoms with van der Waals surface area (Å²) >= 11 is 9.90. The summed E-state index contributed by atoms with van der Waals surface area (Å²) in [6.07, 6.45) is 2.88. The van der Waals surface area contributed by atoms with E-state index in [4.69, 9.17) is 11.6 Å². The zero-order valence-corrected chi connectivity index (χ0v) is 13.4. The highest BCUT2D eigenvalue weighted by Gasteiger charge is 2.20. The van der Waals surface area contributed by atoms with E-state index in [2.05, 4.69) is 33.3 Å². The molecule has 0 spiro atoms. The second-order valence-electron chi connectivity index (χ2n) is 4.41. The zero-order chi connectivity index (χ0) is 13.8.